The van der Waals surface area contributed by atoms with Crippen LogP contribution < -0.4 is 0 Å². The zero-order valence-corrected chi connectivity index (χ0v) is 15.0. The maximum absolute atomic E-state index is 13.4. The molecule has 1 aliphatic heterocycles. The third-order valence-electron chi connectivity index (χ3n) is 5.24. The van der Waals surface area contributed by atoms with Crippen molar-refractivity contribution in [3.8, 4) is 0 Å². The Hall–Kier alpha value is -2.38. The summed E-state index contributed by atoms with van der Waals surface area (Å²) in [5.41, 5.74) is 1.42. The lowest BCUT2D eigenvalue weighted by molar-refractivity contribution is -0.0450. The predicted molar refractivity (Wildman–Crippen MR) is 95.4 cm³/mol. The van der Waals surface area contributed by atoms with Gasteiger partial charge in [0.05, 0.1) is 32.0 Å². The number of pyridine rings is 2. The van der Waals surface area contributed by atoms with E-state index >= 15 is 0 Å². The van der Waals surface area contributed by atoms with Crippen molar-refractivity contribution in [3.05, 3.63) is 59.9 Å². The van der Waals surface area contributed by atoms with Crippen molar-refractivity contribution in [3.63, 3.8) is 0 Å². The summed E-state index contributed by atoms with van der Waals surface area (Å²) in [6.07, 6.45) is 6.55. The van der Waals surface area contributed by atoms with Crippen molar-refractivity contribution in [2.75, 3.05) is 19.8 Å². The summed E-state index contributed by atoms with van der Waals surface area (Å²) >= 11 is 0. The lowest BCUT2D eigenvalue weighted by atomic mass is 10.1. The Morgan fingerprint density at radius 3 is 2.93 bits per heavy atom. The minimum absolute atomic E-state index is 0.0111. The zero-order valence-electron chi connectivity index (χ0n) is 15.0. The molecule has 1 aliphatic carbocycles. The molecule has 2 aromatic rings. The van der Waals surface area contributed by atoms with Gasteiger partial charge in [-0.2, -0.15) is 4.39 Å². The second-order valence-corrected chi connectivity index (χ2v) is 7.05. The fourth-order valence-corrected chi connectivity index (χ4v) is 3.96. The van der Waals surface area contributed by atoms with E-state index in [1.165, 1.54) is 12.3 Å². The first kappa shape index (κ1) is 18.0. The van der Waals surface area contributed by atoms with Gasteiger partial charge < -0.3 is 14.4 Å². The number of morpholine rings is 1. The normalized spacial score (nSPS) is 24.6. The van der Waals surface area contributed by atoms with Gasteiger partial charge in [0.15, 0.2) is 0 Å². The van der Waals surface area contributed by atoms with Crippen LogP contribution in [0.25, 0.3) is 0 Å². The first-order valence-electron chi connectivity index (χ1n) is 9.21. The molecule has 0 aromatic carbocycles. The highest BCUT2D eigenvalue weighted by Crippen LogP contribution is 2.35. The number of rotatable bonds is 5. The van der Waals surface area contributed by atoms with Crippen LogP contribution in [0.1, 0.15) is 28.8 Å². The zero-order chi connectivity index (χ0) is 18.6. The van der Waals surface area contributed by atoms with Crippen molar-refractivity contribution in [2.24, 2.45) is 5.92 Å². The molecule has 3 heterocycles. The third kappa shape index (κ3) is 4.14. The molecule has 4 rings (SSSR count). The Kier molecular flexibility index (Phi) is 5.40. The average molecular weight is 371 g/mol. The number of ether oxygens (including phenoxy) is 2. The summed E-state index contributed by atoms with van der Waals surface area (Å²) in [4.78, 5) is 22.2. The largest absolute Gasteiger partial charge is 0.376 e. The van der Waals surface area contributed by atoms with Crippen molar-refractivity contribution in [1.29, 1.82) is 0 Å². The average Bonchev–Trinajstić information content (AvgIpc) is 3.11. The molecule has 2 fully saturated rings. The van der Waals surface area contributed by atoms with Crippen molar-refractivity contribution >= 4 is 5.91 Å². The summed E-state index contributed by atoms with van der Waals surface area (Å²) in [5.74, 6) is -0.461. The topological polar surface area (TPSA) is 64.6 Å². The molecule has 7 heteroatoms. The number of halogens is 1. The summed E-state index contributed by atoms with van der Waals surface area (Å²) in [7, 11) is 0. The molecular formula is C20H22FN3O3. The number of hydrogen-bond acceptors (Lipinski definition) is 5. The number of nitrogens with zero attached hydrogens (tertiary/aromatic N) is 3. The van der Waals surface area contributed by atoms with Crippen LogP contribution in [-0.2, 0) is 16.1 Å². The molecule has 27 heavy (non-hydrogen) atoms. The molecule has 1 amide bonds. The smallest absolute Gasteiger partial charge is 0.254 e. The van der Waals surface area contributed by atoms with Crippen LogP contribution in [0, 0.1) is 11.9 Å². The van der Waals surface area contributed by atoms with Gasteiger partial charge in [0, 0.05) is 36.8 Å². The molecule has 142 valence electrons. The fourth-order valence-electron chi connectivity index (χ4n) is 3.96. The highest BCUT2D eigenvalue weighted by molar-refractivity contribution is 5.94. The summed E-state index contributed by atoms with van der Waals surface area (Å²) < 4.78 is 25.1. The summed E-state index contributed by atoms with van der Waals surface area (Å²) in [6.45, 7) is 2.21. The van der Waals surface area contributed by atoms with Crippen LogP contribution in [0.5, 0.6) is 0 Å². The van der Waals surface area contributed by atoms with E-state index in [0.717, 1.165) is 18.4 Å². The molecule has 0 bridgehead atoms. The van der Waals surface area contributed by atoms with Gasteiger partial charge in [0.2, 0.25) is 5.95 Å². The van der Waals surface area contributed by atoms with Crippen LogP contribution in [0.15, 0.2) is 42.9 Å². The number of fused-ring (bicyclic) bond motifs is 1. The molecule has 2 aliphatic rings. The van der Waals surface area contributed by atoms with E-state index in [1.807, 2.05) is 17.0 Å². The highest BCUT2D eigenvalue weighted by atomic mass is 19.1. The van der Waals surface area contributed by atoms with E-state index in [-0.39, 0.29) is 18.1 Å². The van der Waals surface area contributed by atoms with E-state index in [1.54, 1.807) is 18.5 Å². The second kappa shape index (κ2) is 8.10. The number of hydrogen-bond donors (Lipinski definition) is 0. The van der Waals surface area contributed by atoms with Crippen molar-refractivity contribution in [2.45, 2.75) is 31.6 Å². The van der Waals surface area contributed by atoms with Crippen LogP contribution in [0.4, 0.5) is 4.39 Å². The number of carbonyl (C=O) groups is 1. The van der Waals surface area contributed by atoms with Gasteiger partial charge in [0.25, 0.3) is 5.91 Å². The maximum atomic E-state index is 13.4. The van der Waals surface area contributed by atoms with E-state index in [0.29, 0.717) is 37.8 Å². The van der Waals surface area contributed by atoms with Gasteiger partial charge in [-0.1, -0.05) is 0 Å². The van der Waals surface area contributed by atoms with E-state index in [9.17, 15) is 9.18 Å². The van der Waals surface area contributed by atoms with Gasteiger partial charge in [-0.05, 0) is 42.5 Å². The molecule has 1 saturated carbocycles. The maximum Gasteiger partial charge on any atom is 0.254 e. The number of aromatic nitrogens is 2. The quantitative estimate of drug-likeness (QED) is 0.756. The molecule has 1 saturated heterocycles. The van der Waals surface area contributed by atoms with Gasteiger partial charge in [-0.3, -0.25) is 9.78 Å². The standard InChI is InChI=1S/C20H22FN3O3/c21-19-11-16(3-6-23-19)20(25)24-7-8-27-18-10-15(9-17(18)24)13-26-12-14-1-4-22-5-2-14/h1-6,11,15,17-18H,7-10,12-13H2/t15-,17+,18-/m1/s1. The monoisotopic (exact) mass is 371 g/mol. The van der Waals surface area contributed by atoms with Crippen molar-refractivity contribution < 1.29 is 18.7 Å². The Morgan fingerprint density at radius 2 is 2.11 bits per heavy atom. The lowest BCUT2D eigenvalue weighted by Gasteiger charge is -2.37. The highest BCUT2D eigenvalue weighted by Gasteiger charge is 2.43. The Balaban J connectivity index is 1.36. The SMILES string of the molecule is O=C(c1ccnc(F)c1)N1CCO[C@@H]2C[C@H](COCc3ccncc3)C[C@@H]21. The van der Waals surface area contributed by atoms with Gasteiger partial charge in [0.1, 0.15) is 0 Å². The molecule has 6 nitrogen and oxygen atoms in total. The van der Waals surface area contributed by atoms with Gasteiger partial charge in [-0.15, -0.1) is 0 Å². The predicted octanol–water partition coefficient (Wildman–Crippen LogP) is 2.45. The van der Waals surface area contributed by atoms with E-state index in [4.69, 9.17) is 9.47 Å². The number of carbonyl (C=O) groups excluding carboxylic acids is 1. The minimum atomic E-state index is -0.639. The molecular weight excluding hydrogens is 349 g/mol. The summed E-state index contributed by atoms with van der Waals surface area (Å²) in [6, 6.07) is 6.63. The molecule has 0 unspecified atom stereocenters. The van der Waals surface area contributed by atoms with Crippen LogP contribution in [0.2, 0.25) is 0 Å². The first-order chi connectivity index (χ1) is 13.2. The molecule has 3 atom stereocenters. The molecule has 2 aromatic heterocycles. The molecule has 0 N–H and O–H groups in total. The van der Waals surface area contributed by atoms with E-state index in [2.05, 4.69) is 9.97 Å². The van der Waals surface area contributed by atoms with Crippen LogP contribution >= 0.6 is 0 Å². The minimum Gasteiger partial charge on any atom is -0.376 e. The third-order valence-corrected chi connectivity index (χ3v) is 5.24. The van der Waals surface area contributed by atoms with Gasteiger partial charge >= 0.3 is 0 Å². The van der Waals surface area contributed by atoms with Crippen LogP contribution in [-0.4, -0.2) is 52.7 Å². The van der Waals surface area contributed by atoms with Crippen molar-refractivity contribution in [1.82, 2.24) is 14.9 Å². The van der Waals surface area contributed by atoms with E-state index < -0.39 is 5.95 Å². The Bertz CT molecular complexity index is 789. The fraction of sp³-hybridized carbons (Fsp3) is 0.450. The summed E-state index contributed by atoms with van der Waals surface area (Å²) in [5, 5.41) is 0. The Morgan fingerprint density at radius 1 is 1.26 bits per heavy atom. The second-order valence-electron chi connectivity index (χ2n) is 7.05. The molecule has 0 spiro atoms. The number of amides is 1. The molecule has 0 radical (unpaired) electrons. The van der Waals surface area contributed by atoms with Crippen LogP contribution in [0.3, 0.4) is 0 Å². The Labute approximate surface area is 157 Å². The lowest BCUT2D eigenvalue weighted by Crippen LogP contribution is -2.51. The first-order valence-corrected chi connectivity index (χ1v) is 9.21. The van der Waals surface area contributed by atoms with Gasteiger partial charge in [-0.25, -0.2) is 4.98 Å².